The summed E-state index contributed by atoms with van der Waals surface area (Å²) in [5.41, 5.74) is 5.77. The van der Waals surface area contributed by atoms with Crippen LogP contribution in [0.25, 0.3) is 0 Å². The Kier molecular flexibility index (Phi) is 17.3. The highest BCUT2D eigenvalue weighted by molar-refractivity contribution is 5.85. The van der Waals surface area contributed by atoms with Crippen LogP contribution in [0.2, 0.25) is 0 Å². The Balaban J connectivity index is 4.60. The number of esters is 3. The average molecular weight is 445 g/mol. The van der Waals surface area contributed by atoms with Crippen molar-refractivity contribution in [2.45, 2.75) is 97.1 Å². The Morgan fingerprint density at radius 2 is 1.26 bits per heavy atom. The number of rotatable bonds is 18. The molecular weight excluding hydrogens is 404 g/mol. The summed E-state index contributed by atoms with van der Waals surface area (Å²) in [6.07, 6.45) is 5.00. The van der Waals surface area contributed by atoms with Crippen molar-refractivity contribution in [1.82, 2.24) is 5.32 Å². The maximum absolute atomic E-state index is 12.3. The molecule has 0 aromatic rings. The van der Waals surface area contributed by atoms with E-state index < -0.39 is 35.9 Å². The van der Waals surface area contributed by atoms with E-state index in [-0.39, 0.29) is 32.3 Å². The Labute approximate surface area is 185 Å². The summed E-state index contributed by atoms with van der Waals surface area (Å²) in [6.45, 7) is 6.82. The van der Waals surface area contributed by atoms with Gasteiger partial charge in [-0.25, -0.2) is 4.79 Å². The Bertz CT molecular complexity index is 540. The van der Waals surface area contributed by atoms with Gasteiger partial charge in [0.1, 0.15) is 12.1 Å². The highest BCUT2D eigenvalue weighted by atomic mass is 16.5. The fraction of sp³-hybridized carbons (Fsp3) is 0.818. The van der Waals surface area contributed by atoms with Crippen molar-refractivity contribution in [3.8, 4) is 0 Å². The topological polar surface area (TPSA) is 134 Å². The van der Waals surface area contributed by atoms with E-state index in [0.717, 1.165) is 32.1 Å². The lowest BCUT2D eigenvalue weighted by atomic mass is 10.1. The molecule has 3 N–H and O–H groups in total. The molecule has 9 nitrogen and oxygen atoms in total. The predicted octanol–water partition coefficient (Wildman–Crippen LogP) is 2.39. The summed E-state index contributed by atoms with van der Waals surface area (Å²) in [7, 11) is 0. The minimum Gasteiger partial charge on any atom is -0.466 e. The van der Waals surface area contributed by atoms with Gasteiger partial charge in [0.05, 0.1) is 19.8 Å². The molecule has 0 saturated carbocycles. The van der Waals surface area contributed by atoms with Gasteiger partial charge in [0, 0.05) is 12.8 Å². The van der Waals surface area contributed by atoms with Gasteiger partial charge in [0.25, 0.3) is 0 Å². The first-order chi connectivity index (χ1) is 14.8. The van der Waals surface area contributed by atoms with E-state index in [2.05, 4.69) is 5.32 Å². The van der Waals surface area contributed by atoms with Crippen molar-refractivity contribution in [1.29, 1.82) is 0 Å². The summed E-state index contributed by atoms with van der Waals surface area (Å²) in [6, 6.07) is -1.87. The Hall–Kier alpha value is -2.16. The van der Waals surface area contributed by atoms with E-state index in [1.54, 1.807) is 0 Å². The molecular formula is C22H40N2O7. The van der Waals surface area contributed by atoms with Crippen LogP contribution in [0.4, 0.5) is 0 Å². The molecule has 0 rings (SSSR count). The second kappa shape index (κ2) is 18.6. The summed E-state index contributed by atoms with van der Waals surface area (Å²) >= 11 is 0. The first-order valence-electron chi connectivity index (χ1n) is 11.4. The molecule has 2 atom stereocenters. The van der Waals surface area contributed by atoms with Gasteiger partial charge in [-0.2, -0.15) is 0 Å². The molecule has 0 heterocycles. The highest BCUT2D eigenvalue weighted by Gasteiger charge is 2.24. The van der Waals surface area contributed by atoms with Crippen LogP contribution >= 0.6 is 0 Å². The molecule has 0 aromatic heterocycles. The summed E-state index contributed by atoms with van der Waals surface area (Å²) in [5, 5.41) is 2.58. The van der Waals surface area contributed by atoms with Crippen LogP contribution in [0.3, 0.4) is 0 Å². The SMILES string of the molecule is CCCCOC(=O)CCC(NC(=O)CCC(N)C(=O)OCCCC)C(=O)OCCCC. The van der Waals surface area contributed by atoms with Crippen molar-refractivity contribution < 1.29 is 33.4 Å². The number of carbonyl (C=O) groups excluding carboxylic acids is 4. The van der Waals surface area contributed by atoms with Crippen molar-refractivity contribution in [3.63, 3.8) is 0 Å². The number of hydrogen-bond acceptors (Lipinski definition) is 8. The van der Waals surface area contributed by atoms with E-state index in [4.69, 9.17) is 19.9 Å². The van der Waals surface area contributed by atoms with Crippen LogP contribution < -0.4 is 11.1 Å². The molecule has 9 heteroatoms. The Morgan fingerprint density at radius 1 is 0.742 bits per heavy atom. The molecule has 0 spiro atoms. The van der Waals surface area contributed by atoms with Gasteiger partial charge in [-0.1, -0.05) is 40.0 Å². The fourth-order valence-corrected chi connectivity index (χ4v) is 2.43. The van der Waals surface area contributed by atoms with Gasteiger partial charge in [-0.15, -0.1) is 0 Å². The highest BCUT2D eigenvalue weighted by Crippen LogP contribution is 2.06. The quantitative estimate of drug-likeness (QED) is 0.187. The van der Waals surface area contributed by atoms with Gasteiger partial charge >= 0.3 is 17.9 Å². The molecule has 0 saturated heterocycles. The van der Waals surface area contributed by atoms with Gasteiger partial charge in [-0.3, -0.25) is 14.4 Å². The molecule has 0 fully saturated rings. The van der Waals surface area contributed by atoms with Crippen LogP contribution in [-0.2, 0) is 33.4 Å². The zero-order valence-corrected chi connectivity index (χ0v) is 19.3. The Morgan fingerprint density at radius 3 is 1.81 bits per heavy atom. The van der Waals surface area contributed by atoms with Crippen molar-refractivity contribution >= 4 is 23.8 Å². The molecule has 31 heavy (non-hydrogen) atoms. The largest absolute Gasteiger partial charge is 0.466 e. The van der Waals surface area contributed by atoms with Crippen LogP contribution in [0.15, 0.2) is 0 Å². The molecule has 0 aliphatic carbocycles. The maximum Gasteiger partial charge on any atom is 0.328 e. The second-order valence-corrected chi connectivity index (χ2v) is 7.42. The number of hydrogen-bond donors (Lipinski definition) is 2. The molecule has 0 aliphatic rings. The van der Waals surface area contributed by atoms with Crippen LogP contribution in [0.1, 0.15) is 85.0 Å². The molecule has 180 valence electrons. The number of carbonyl (C=O) groups is 4. The monoisotopic (exact) mass is 444 g/mol. The van der Waals surface area contributed by atoms with Crippen LogP contribution in [0.5, 0.6) is 0 Å². The predicted molar refractivity (Wildman–Crippen MR) is 116 cm³/mol. The molecule has 0 bridgehead atoms. The summed E-state index contributed by atoms with van der Waals surface area (Å²) in [5.74, 6) is -2.02. The van der Waals surface area contributed by atoms with Crippen molar-refractivity contribution in [2.75, 3.05) is 19.8 Å². The lowest BCUT2D eigenvalue weighted by Gasteiger charge is -2.18. The number of nitrogens with one attached hydrogen (secondary N) is 1. The van der Waals surface area contributed by atoms with Crippen molar-refractivity contribution in [2.24, 2.45) is 5.73 Å². The minimum absolute atomic E-state index is 0.0131. The fourth-order valence-electron chi connectivity index (χ4n) is 2.43. The van der Waals surface area contributed by atoms with Gasteiger partial charge < -0.3 is 25.3 Å². The number of amides is 1. The second-order valence-electron chi connectivity index (χ2n) is 7.42. The molecule has 2 unspecified atom stereocenters. The summed E-state index contributed by atoms with van der Waals surface area (Å²) < 4.78 is 15.3. The lowest BCUT2D eigenvalue weighted by Crippen LogP contribution is -2.43. The van der Waals surface area contributed by atoms with Crippen LogP contribution in [-0.4, -0.2) is 55.7 Å². The maximum atomic E-state index is 12.3. The smallest absolute Gasteiger partial charge is 0.328 e. The molecule has 1 amide bonds. The average Bonchev–Trinajstić information content (AvgIpc) is 2.75. The van der Waals surface area contributed by atoms with Crippen molar-refractivity contribution in [3.05, 3.63) is 0 Å². The number of nitrogens with two attached hydrogens (primary N) is 1. The molecule has 0 aromatic carbocycles. The molecule has 0 radical (unpaired) electrons. The first kappa shape index (κ1) is 28.8. The van der Waals surface area contributed by atoms with E-state index in [0.29, 0.717) is 19.6 Å². The molecule has 0 aliphatic heterocycles. The normalized spacial score (nSPS) is 12.5. The van der Waals surface area contributed by atoms with E-state index in [9.17, 15) is 19.2 Å². The first-order valence-corrected chi connectivity index (χ1v) is 11.4. The van der Waals surface area contributed by atoms with Gasteiger partial charge in [-0.05, 0) is 32.1 Å². The van der Waals surface area contributed by atoms with E-state index in [1.807, 2.05) is 20.8 Å². The third kappa shape index (κ3) is 15.3. The minimum atomic E-state index is -0.962. The third-order valence-corrected chi connectivity index (χ3v) is 4.49. The third-order valence-electron chi connectivity index (χ3n) is 4.49. The van der Waals surface area contributed by atoms with Gasteiger partial charge in [0.15, 0.2) is 0 Å². The lowest BCUT2D eigenvalue weighted by molar-refractivity contribution is -0.150. The van der Waals surface area contributed by atoms with Crippen LogP contribution in [0, 0.1) is 0 Å². The number of unbranched alkanes of at least 4 members (excludes halogenated alkanes) is 3. The zero-order valence-electron chi connectivity index (χ0n) is 19.3. The summed E-state index contributed by atoms with van der Waals surface area (Å²) in [4.78, 5) is 48.2. The van der Waals surface area contributed by atoms with E-state index in [1.165, 1.54) is 0 Å². The van der Waals surface area contributed by atoms with E-state index >= 15 is 0 Å². The standard InChI is InChI=1S/C22H40N2O7/c1-4-7-14-29-20(26)13-11-18(22(28)31-16-9-6-3)24-19(25)12-10-17(23)21(27)30-15-8-5-2/h17-18H,4-16,23H2,1-3H3,(H,24,25). The zero-order chi connectivity index (χ0) is 23.5. The van der Waals surface area contributed by atoms with Gasteiger partial charge in [0.2, 0.25) is 5.91 Å². The number of ether oxygens (including phenoxy) is 3.